The maximum absolute atomic E-state index is 4.54. The molecule has 94 valence electrons. The van der Waals surface area contributed by atoms with Crippen LogP contribution in [0.4, 0.5) is 0 Å². The van der Waals surface area contributed by atoms with E-state index >= 15 is 0 Å². The highest BCUT2D eigenvalue weighted by Crippen LogP contribution is 2.22. The molecule has 2 heterocycles. The van der Waals surface area contributed by atoms with Gasteiger partial charge in [0, 0.05) is 11.9 Å². The van der Waals surface area contributed by atoms with Crippen LogP contribution in [0.25, 0.3) is 0 Å². The standard InChI is InChI=1S/C15H24N2/c1-3-13-4-6-15(17-10-13)7-5-14-11-16-9-8-12(14)2/h4,6,10,12,14,16H,3,5,7-9,11H2,1-2H3. The lowest BCUT2D eigenvalue weighted by atomic mass is 9.84. The van der Waals surface area contributed by atoms with E-state index in [9.17, 15) is 0 Å². The van der Waals surface area contributed by atoms with E-state index in [-0.39, 0.29) is 0 Å². The summed E-state index contributed by atoms with van der Waals surface area (Å²) in [5.41, 5.74) is 2.58. The Hall–Kier alpha value is -0.890. The van der Waals surface area contributed by atoms with Crippen LogP contribution in [0.5, 0.6) is 0 Å². The first-order valence-corrected chi connectivity index (χ1v) is 6.94. The van der Waals surface area contributed by atoms with Crippen LogP contribution in [0.15, 0.2) is 18.3 Å². The summed E-state index contributed by atoms with van der Waals surface area (Å²) < 4.78 is 0. The predicted molar refractivity (Wildman–Crippen MR) is 72.1 cm³/mol. The molecule has 0 radical (unpaired) electrons. The lowest BCUT2D eigenvalue weighted by Crippen LogP contribution is -2.35. The maximum Gasteiger partial charge on any atom is 0.0403 e. The Bertz CT molecular complexity index is 331. The van der Waals surface area contributed by atoms with E-state index in [2.05, 4.69) is 36.3 Å². The minimum atomic E-state index is 0.830. The zero-order chi connectivity index (χ0) is 12.1. The molecule has 0 bridgehead atoms. The van der Waals surface area contributed by atoms with Crippen molar-refractivity contribution in [3.8, 4) is 0 Å². The van der Waals surface area contributed by atoms with Crippen LogP contribution in [0.1, 0.15) is 37.9 Å². The molecule has 2 rings (SSSR count). The molecule has 2 heteroatoms. The van der Waals surface area contributed by atoms with Gasteiger partial charge in [0.25, 0.3) is 0 Å². The largest absolute Gasteiger partial charge is 0.316 e. The lowest BCUT2D eigenvalue weighted by Gasteiger charge is -2.29. The Labute approximate surface area is 105 Å². The third-order valence-electron chi connectivity index (χ3n) is 4.05. The molecule has 0 amide bonds. The smallest absolute Gasteiger partial charge is 0.0403 e. The van der Waals surface area contributed by atoms with Gasteiger partial charge in [-0.05, 0) is 62.2 Å². The zero-order valence-corrected chi connectivity index (χ0v) is 11.1. The molecule has 17 heavy (non-hydrogen) atoms. The van der Waals surface area contributed by atoms with E-state index in [1.165, 1.54) is 37.2 Å². The van der Waals surface area contributed by atoms with Gasteiger partial charge in [-0.2, -0.15) is 0 Å². The van der Waals surface area contributed by atoms with Gasteiger partial charge in [-0.3, -0.25) is 4.98 Å². The van der Waals surface area contributed by atoms with Crippen molar-refractivity contribution in [3.05, 3.63) is 29.6 Å². The normalized spacial score (nSPS) is 24.8. The summed E-state index contributed by atoms with van der Waals surface area (Å²) in [5.74, 6) is 1.70. The van der Waals surface area contributed by atoms with E-state index in [0.717, 1.165) is 24.7 Å². The SMILES string of the molecule is CCc1ccc(CCC2CNCCC2C)nc1. The van der Waals surface area contributed by atoms with Gasteiger partial charge >= 0.3 is 0 Å². The van der Waals surface area contributed by atoms with E-state index in [1.54, 1.807) is 0 Å². The number of aryl methyl sites for hydroxylation is 2. The average molecular weight is 232 g/mol. The van der Waals surface area contributed by atoms with Crippen LogP contribution in [0.2, 0.25) is 0 Å². The second kappa shape index (κ2) is 6.15. The summed E-state index contributed by atoms with van der Waals surface area (Å²) in [5, 5.41) is 3.50. The number of pyridine rings is 1. The Morgan fingerprint density at radius 2 is 2.29 bits per heavy atom. The average Bonchev–Trinajstić information content (AvgIpc) is 2.38. The first-order chi connectivity index (χ1) is 8.29. The van der Waals surface area contributed by atoms with Gasteiger partial charge in [0.2, 0.25) is 0 Å². The summed E-state index contributed by atoms with van der Waals surface area (Å²) in [7, 11) is 0. The highest BCUT2D eigenvalue weighted by atomic mass is 14.9. The number of hydrogen-bond acceptors (Lipinski definition) is 2. The minimum Gasteiger partial charge on any atom is -0.316 e. The van der Waals surface area contributed by atoms with Gasteiger partial charge in [-0.25, -0.2) is 0 Å². The highest BCUT2D eigenvalue weighted by molar-refractivity contribution is 5.14. The monoisotopic (exact) mass is 232 g/mol. The fourth-order valence-corrected chi connectivity index (χ4v) is 2.59. The molecular weight excluding hydrogens is 208 g/mol. The molecule has 1 saturated heterocycles. The highest BCUT2D eigenvalue weighted by Gasteiger charge is 2.20. The van der Waals surface area contributed by atoms with Crippen molar-refractivity contribution in [2.24, 2.45) is 11.8 Å². The van der Waals surface area contributed by atoms with Gasteiger partial charge in [0.05, 0.1) is 0 Å². The molecule has 1 fully saturated rings. The molecular formula is C15H24N2. The molecule has 2 nitrogen and oxygen atoms in total. The van der Waals surface area contributed by atoms with Crippen LogP contribution in [0.3, 0.4) is 0 Å². The van der Waals surface area contributed by atoms with Crippen LogP contribution in [-0.2, 0) is 12.8 Å². The summed E-state index contributed by atoms with van der Waals surface area (Å²) in [4.78, 5) is 4.54. The van der Waals surface area contributed by atoms with E-state index in [1.807, 2.05) is 6.20 Å². The molecule has 1 aromatic rings. The van der Waals surface area contributed by atoms with Crippen molar-refractivity contribution in [3.63, 3.8) is 0 Å². The Morgan fingerprint density at radius 3 is 2.94 bits per heavy atom. The lowest BCUT2D eigenvalue weighted by molar-refractivity contribution is 0.259. The van der Waals surface area contributed by atoms with Crippen molar-refractivity contribution >= 4 is 0 Å². The molecule has 2 atom stereocenters. The third kappa shape index (κ3) is 3.53. The third-order valence-corrected chi connectivity index (χ3v) is 4.05. The summed E-state index contributed by atoms with van der Waals surface area (Å²) in [6.07, 6.45) is 6.83. The van der Waals surface area contributed by atoms with Gasteiger partial charge in [-0.15, -0.1) is 0 Å². The zero-order valence-electron chi connectivity index (χ0n) is 11.1. The van der Waals surface area contributed by atoms with Gasteiger partial charge in [0.15, 0.2) is 0 Å². The van der Waals surface area contributed by atoms with E-state index < -0.39 is 0 Å². The predicted octanol–water partition coefficient (Wildman–Crippen LogP) is 2.82. The number of rotatable bonds is 4. The fourth-order valence-electron chi connectivity index (χ4n) is 2.59. The van der Waals surface area contributed by atoms with Crippen molar-refractivity contribution < 1.29 is 0 Å². The molecule has 1 aromatic heterocycles. The molecule has 0 spiro atoms. The van der Waals surface area contributed by atoms with Gasteiger partial charge in [-0.1, -0.05) is 19.9 Å². The van der Waals surface area contributed by atoms with Gasteiger partial charge < -0.3 is 5.32 Å². The number of nitrogens with one attached hydrogen (secondary N) is 1. The first-order valence-electron chi connectivity index (χ1n) is 6.94. The molecule has 2 unspecified atom stereocenters. The second-order valence-electron chi connectivity index (χ2n) is 5.28. The van der Waals surface area contributed by atoms with Crippen LogP contribution in [0, 0.1) is 11.8 Å². The number of aromatic nitrogens is 1. The number of hydrogen-bond donors (Lipinski definition) is 1. The molecule has 0 saturated carbocycles. The molecule has 0 aliphatic carbocycles. The van der Waals surface area contributed by atoms with E-state index in [0.29, 0.717) is 0 Å². The van der Waals surface area contributed by atoms with Crippen molar-refractivity contribution in [2.45, 2.75) is 39.5 Å². The second-order valence-corrected chi connectivity index (χ2v) is 5.28. The molecule has 1 N–H and O–H groups in total. The summed E-state index contributed by atoms with van der Waals surface area (Å²) in [6, 6.07) is 4.41. The fraction of sp³-hybridized carbons (Fsp3) is 0.667. The molecule has 0 aromatic carbocycles. The Kier molecular flexibility index (Phi) is 4.55. The summed E-state index contributed by atoms with van der Waals surface area (Å²) >= 11 is 0. The Morgan fingerprint density at radius 1 is 1.41 bits per heavy atom. The molecule has 1 aliphatic heterocycles. The number of piperidine rings is 1. The topological polar surface area (TPSA) is 24.9 Å². The Balaban J connectivity index is 1.84. The minimum absolute atomic E-state index is 0.830. The quantitative estimate of drug-likeness (QED) is 0.863. The molecule has 1 aliphatic rings. The van der Waals surface area contributed by atoms with Crippen LogP contribution < -0.4 is 5.32 Å². The first kappa shape index (κ1) is 12.6. The van der Waals surface area contributed by atoms with E-state index in [4.69, 9.17) is 0 Å². The van der Waals surface area contributed by atoms with Gasteiger partial charge in [0.1, 0.15) is 0 Å². The number of nitrogens with zero attached hydrogens (tertiary/aromatic N) is 1. The van der Waals surface area contributed by atoms with Crippen LogP contribution in [-0.4, -0.2) is 18.1 Å². The van der Waals surface area contributed by atoms with Crippen molar-refractivity contribution in [2.75, 3.05) is 13.1 Å². The van der Waals surface area contributed by atoms with Crippen LogP contribution >= 0.6 is 0 Å². The van der Waals surface area contributed by atoms with Crippen molar-refractivity contribution in [1.29, 1.82) is 0 Å². The maximum atomic E-state index is 4.54. The van der Waals surface area contributed by atoms with Crippen molar-refractivity contribution in [1.82, 2.24) is 10.3 Å². The summed E-state index contributed by atoms with van der Waals surface area (Å²) in [6.45, 7) is 6.94.